The molecule has 1 fully saturated rings. The quantitative estimate of drug-likeness (QED) is 0.627. The van der Waals surface area contributed by atoms with E-state index in [0.29, 0.717) is 6.04 Å². The normalized spacial score (nSPS) is 33.1. The van der Waals surface area contributed by atoms with E-state index in [1.165, 1.54) is 31.3 Å². The molecule has 0 radical (unpaired) electrons. The molecule has 74 valence electrons. The number of nitrogens with zero attached hydrogens (tertiary/aromatic N) is 3. The van der Waals surface area contributed by atoms with Crippen LogP contribution < -0.4 is 0 Å². The minimum Gasteiger partial charge on any atom is -0.310 e. The molecule has 0 spiro atoms. The summed E-state index contributed by atoms with van der Waals surface area (Å²) >= 11 is 0. The van der Waals surface area contributed by atoms with Crippen LogP contribution in [0.4, 0.5) is 0 Å². The highest BCUT2D eigenvalue weighted by molar-refractivity contribution is 5.65. The van der Waals surface area contributed by atoms with Crippen molar-refractivity contribution in [2.45, 2.75) is 38.6 Å². The van der Waals surface area contributed by atoms with Gasteiger partial charge in [-0.25, -0.2) is 0 Å². The Morgan fingerprint density at radius 3 is 3.14 bits per heavy atom. The third-order valence-electron chi connectivity index (χ3n) is 3.63. The van der Waals surface area contributed by atoms with Crippen LogP contribution in [0.3, 0.4) is 0 Å². The van der Waals surface area contributed by atoms with Crippen molar-refractivity contribution in [3.8, 4) is 0 Å². The SMILES string of the molecule is C/C=C1\c2nncn2[C@H]2CCCC[C@@H]12. The third kappa shape index (κ3) is 0.925. The number of hydrogen-bond acceptors (Lipinski definition) is 2. The van der Waals surface area contributed by atoms with Crippen molar-refractivity contribution in [1.29, 1.82) is 0 Å². The Morgan fingerprint density at radius 1 is 1.43 bits per heavy atom. The summed E-state index contributed by atoms with van der Waals surface area (Å²) < 4.78 is 2.28. The number of hydrogen-bond donors (Lipinski definition) is 0. The van der Waals surface area contributed by atoms with E-state index < -0.39 is 0 Å². The van der Waals surface area contributed by atoms with E-state index in [1.807, 2.05) is 6.33 Å². The Balaban J connectivity index is 2.10. The van der Waals surface area contributed by atoms with Gasteiger partial charge in [-0.05, 0) is 25.3 Å². The summed E-state index contributed by atoms with van der Waals surface area (Å²) in [6.45, 7) is 2.12. The molecule has 1 saturated carbocycles. The van der Waals surface area contributed by atoms with Crippen LogP contribution in [0.1, 0.15) is 44.5 Å². The second-order valence-electron chi connectivity index (χ2n) is 4.26. The monoisotopic (exact) mass is 189 g/mol. The van der Waals surface area contributed by atoms with Crippen molar-refractivity contribution >= 4 is 5.57 Å². The Morgan fingerprint density at radius 2 is 2.29 bits per heavy atom. The lowest BCUT2D eigenvalue weighted by Crippen LogP contribution is -2.16. The van der Waals surface area contributed by atoms with Crippen molar-refractivity contribution in [1.82, 2.24) is 14.8 Å². The lowest BCUT2D eigenvalue weighted by Gasteiger charge is -2.26. The molecule has 1 aromatic rings. The molecule has 2 aliphatic rings. The zero-order valence-electron chi connectivity index (χ0n) is 8.48. The summed E-state index contributed by atoms with van der Waals surface area (Å²) in [7, 11) is 0. The molecular formula is C11H15N3. The van der Waals surface area contributed by atoms with Crippen molar-refractivity contribution in [3.05, 3.63) is 18.2 Å². The maximum Gasteiger partial charge on any atom is 0.159 e. The van der Waals surface area contributed by atoms with Crippen LogP contribution in [0.2, 0.25) is 0 Å². The summed E-state index contributed by atoms with van der Waals surface area (Å²) in [6, 6.07) is 0.653. The minimum absolute atomic E-state index is 0.653. The Labute approximate surface area is 83.8 Å². The molecule has 0 bridgehead atoms. The first-order valence-electron chi connectivity index (χ1n) is 5.48. The summed E-state index contributed by atoms with van der Waals surface area (Å²) in [5.74, 6) is 1.84. The van der Waals surface area contributed by atoms with Crippen LogP contribution in [-0.4, -0.2) is 14.8 Å². The van der Waals surface area contributed by atoms with E-state index in [9.17, 15) is 0 Å². The van der Waals surface area contributed by atoms with Crippen molar-refractivity contribution < 1.29 is 0 Å². The Hall–Kier alpha value is -1.12. The zero-order chi connectivity index (χ0) is 9.54. The maximum atomic E-state index is 4.22. The van der Waals surface area contributed by atoms with E-state index in [2.05, 4.69) is 27.8 Å². The molecule has 2 atom stereocenters. The average Bonchev–Trinajstić information content (AvgIpc) is 2.77. The summed E-state index contributed by atoms with van der Waals surface area (Å²) in [6.07, 6.45) is 9.47. The molecule has 0 aromatic carbocycles. The van der Waals surface area contributed by atoms with Gasteiger partial charge in [0.05, 0.1) is 0 Å². The summed E-state index contributed by atoms with van der Waals surface area (Å²) in [5.41, 5.74) is 1.42. The van der Waals surface area contributed by atoms with Crippen LogP contribution in [0, 0.1) is 5.92 Å². The first-order valence-corrected chi connectivity index (χ1v) is 5.48. The molecule has 1 aliphatic heterocycles. The van der Waals surface area contributed by atoms with Crippen molar-refractivity contribution in [2.24, 2.45) is 5.92 Å². The molecule has 0 unspecified atom stereocenters. The maximum absolute atomic E-state index is 4.22. The highest BCUT2D eigenvalue weighted by Crippen LogP contribution is 2.47. The second kappa shape index (κ2) is 2.94. The fraction of sp³-hybridized carbons (Fsp3) is 0.636. The van der Waals surface area contributed by atoms with Crippen LogP contribution in [0.15, 0.2) is 12.4 Å². The molecule has 1 aliphatic carbocycles. The number of aromatic nitrogens is 3. The molecule has 0 N–H and O–H groups in total. The van der Waals surface area contributed by atoms with E-state index in [-0.39, 0.29) is 0 Å². The van der Waals surface area contributed by atoms with Gasteiger partial charge in [0.2, 0.25) is 0 Å². The van der Waals surface area contributed by atoms with Crippen LogP contribution in [-0.2, 0) is 0 Å². The standard InChI is InChI=1S/C11H15N3/c1-2-8-9-5-3-4-6-10(9)14-7-12-13-11(8)14/h2,7,9-10H,3-6H2,1H3/b8-2-/t9-,10-/m0/s1. The molecule has 0 amide bonds. The second-order valence-corrected chi connectivity index (χ2v) is 4.26. The predicted molar refractivity (Wildman–Crippen MR) is 54.7 cm³/mol. The molecule has 1 aromatic heterocycles. The van der Waals surface area contributed by atoms with Gasteiger partial charge in [-0.2, -0.15) is 0 Å². The average molecular weight is 189 g/mol. The minimum atomic E-state index is 0.653. The van der Waals surface area contributed by atoms with Crippen LogP contribution in [0.25, 0.3) is 5.57 Å². The largest absolute Gasteiger partial charge is 0.310 e. The van der Waals surface area contributed by atoms with E-state index in [1.54, 1.807) is 0 Å². The van der Waals surface area contributed by atoms with Crippen LogP contribution in [0.5, 0.6) is 0 Å². The Kier molecular flexibility index (Phi) is 1.72. The Bertz CT molecular complexity index is 378. The van der Waals surface area contributed by atoms with Gasteiger partial charge < -0.3 is 4.57 Å². The van der Waals surface area contributed by atoms with E-state index >= 15 is 0 Å². The van der Waals surface area contributed by atoms with Gasteiger partial charge in [0.15, 0.2) is 5.82 Å². The fourth-order valence-electron chi connectivity index (χ4n) is 3.01. The van der Waals surface area contributed by atoms with Crippen molar-refractivity contribution in [2.75, 3.05) is 0 Å². The van der Waals surface area contributed by atoms with Gasteiger partial charge in [0.1, 0.15) is 6.33 Å². The van der Waals surface area contributed by atoms with E-state index in [4.69, 9.17) is 0 Å². The zero-order valence-corrected chi connectivity index (χ0v) is 8.48. The smallest absolute Gasteiger partial charge is 0.159 e. The number of rotatable bonds is 0. The van der Waals surface area contributed by atoms with Gasteiger partial charge in [-0.1, -0.05) is 18.9 Å². The van der Waals surface area contributed by atoms with Gasteiger partial charge >= 0.3 is 0 Å². The molecule has 3 nitrogen and oxygen atoms in total. The fourth-order valence-corrected chi connectivity index (χ4v) is 3.01. The molecule has 14 heavy (non-hydrogen) atoms. The van der Waals surface area contributed by atoms with Crippen LogP contribution >= 0.6 is 0 Å². The van der Waals surface area contributed by atoms with Crippen molar-refractivity contribution in [3.63, 3.8) is 0 Å². The molecule has 0 saturated heterocycles. The number of allylic oxidation sites excluding steroid dienone is 2. The topological polar surface area (TPSA) is 30.7 Å². The molecule has 3 heteroatoms. The third-order valence-corrected chi connectivity index (χ3v) is 3.63. The molecule has 3 rings (SSSR count). The predicted octanol–water partition coefficient (Wildman–Crippen LogP) is 2.43. The van der Waals surface area contributed by atoms with E-state index in [0.717, 1.165) is 11.7 Å². The highest BCUT2D eigenvalue weighted by Gasteiger charge is 2.38. The molecular weight excluding hydrogens is 174 g/mol. The first kappa shape index (κ1) is 8.21. The van der Waals surface area contributed by atoms with Gasteiger partial charge in [-0.3, -0.25) is 0 Å². The van der Waals surface area contributed by atoms with Gasteiger partial charge in [0, 0.05) is 12.0 Å². The molecule has 2 heterocycles. The summed E-state index contributed by atoms with van der Waals surface area (Å²) in [4.78, 5) is 0. The van der Waals surface area contributed by atoms with Gasteiger partial charge in [-0.15, -0.1) is 10.2 Å². The lowest BCUT2D eigenvalue weighted by atomic mass is 9.82. The lowest BCUT2D eigenvalue weighted by molar-refractivity contribution is 0.313. The highest BCUT2D eigenvalue weighted by atomic mass is 15.3. The first-order chi connectivity index (χ1) is 6.92. The number of fused-ring (bicyclic) bond motifs is 3. The summed E-state index contributed by atoms with van der Waals surface area (Å²) in [5, 5.41) is 8.22. The van der Waals surface area contributed by atoms with Gasteiger partial charge in [0.25, 0.3) is 0 Å².